The Labute approximate surface area is 182 Å². The fraction of sp³-hybridized carbons (Fsp3) is 1.00. The van der Waals surface area contributed by atoms with Crippen molar-refractivity contribution in [1.82, 2.24) is 0 Å². The summed E-state index contributed by atoms with van der Waals surface area (Å²) in [5.41, 5.74) is -11.2. The smallest absolute Gasteiger partial charge is 0.224 e. The quantitative estimate of drug-likeness (QED) is 0.0958. The van der Waals surface area contributed by atoms with Crippen molar-refractivity contribution in [3.63, 3.8) is 0 Å². The van der Waals surface area contributed by atoms with Gasteiger partial charge in [0.05, 0.1) is 0 Å². The van der Waals surface area contributed by atoms with Gasteiger partial charge in [0.2, 0.25) is 0 Å². The van der Waals surface area contributed by atoms with Gasteiger partial charge in [-0.1, -0.05) is 48.3 Å². The zero-order chi connectivity index (χ0) is 24.9. The first-order chi connectivity index (χ1) is 13.6. The predicted octanol–water partition coefficient (Wildman–Crippen LogP) is 8.82. The molecule has 0 aromatic carbocycles. The van der Waals surface area contributed by atoms with Gasteiger partial charge in [-0.05, 0) is 29.6 Å². The maximum Gasteiger partial charge on any atom is 0.431 e. The normalized spacial score (nSPS) is 16.0. The number of halogens is 15. The van der Waals surface area contributed by atoms with Crippen molar-refractivity contribution >= 4 is 22.6 Å². The molecule has 0 nitrogen and oxygen atoms in total. The van der Waals surface area contributed by atoms with Crippen molar-refractivity contribution in [3.8, 4) is 0 Å². The first kappa shape index (κ1) is 30.8. The molecule has 1 atom stereocenters. The molecule has 0 aliphatic heterocycles. The highest BCUT2D eigenvalue weighted by atomic mass is 127. The number of hydrogen-bond acceptors (Lipinski definition) is 0. The number of unbranched alkanes of at least 4 members (excludes halogenated alkanes) is 2. The van der Waals surface area contributed by atoms with Gasteiger partial charge in [0.25, 0.3) is 11.3 Å². The molecule has 0 amide bonds. The lowest BCUT2D eigenvalue weighted by Crippen LogP contribution is -2.54. The number of alkyl halides is 15. The minimum Gasteiger partial charge on any atom is -0.224 e. The minimum atomic E-state index is -6.33. The van der Waals surface area contributed by atoms with Crippen LogP contribution in [0.15, 0.2) is 0 Å². The molecule has 0 saturated heterocycles. The van der Waals surface area contributed by atoms with Crippen molar-refractivity contribution in [2.75, 3.05) is 4.43 Å². The lowest BCUT2D eigenvalue weighted by Gasteiger charge is -2.33. The van der Waals surface area contributed by atoms with E-state index in [0.29, 0.717) is 10.8 Å². The Morgan fingerprint density at radius 3 is 1.16 bits per heavy atom. The second kappa shape index (κ2) is 10.8. The monoisotopic (exact) mass is 604 g/mol. The third-order valence-corrected chi connectivity index (χ3v) is 5.51. The van der Waals surface area contributed by atoms with E-state index in [4.69, 9.17) is 0 Å². The molecule has 0 rings (SSSR count). The van der Waals surface area contributed by atoms with Crippen LogP contribution >= 0.6 is 22.6 Å². The van der Waals surface area contributed by atoms with Crippen LogP contribution in [-0.4, -0.2) is 40.5 Å². The summed E-state index contributed by atoms with van der Waals surface area (Å²) in [5.74, 6) is -1.64. The van der Waals surface area contributed by atoms with Crippen LogP contribution in [0.1, 0.15) is 51.4 Å². The molecule has 0 aromatic rings. The van der Waals surface area contributed by atoms with E-state index in [-0.39, 0.29) is 12.8 Å². The second-order valence-electron chi connectivity index (χ2n) is 7.09. The molecule has 0 bridgehead atoms. The van der Waals surface area contributed by atoms with Crippen LogP contribution in [-0.2, 0) is 0 Å². The minimum absolute atomic E-state index is 0.0670. The fourth-order valence-corrected chi connectivity index (χ4v) is 3.45. The topological polar surface area (TPSA) is 0 Å². The van der Waals surface area contributed by atoms with E-state index in [1.807, 2.05) is 22.6 Å². The van der Waals surface area contributed by atoms with Crippen LogP contribution in [0, 0.1) is 5.92 Å². The third-order valence-electron chi connectivity index (χ3n) is 4.75. The molecule has 0 aromatic heterocycles. The van der Waals surface area contributed by atoms with Gasteiger partial charge in [-0.25, -0.2) is 8.78 Å². The molecule has 0 aliphatic carbocycles. The Morgan fingerprint density at radius 2 is 0.839 bits per heavy atom. The van der Waals surface area contributed by atoms with Crippen LogP contribution < -0.4 is 0 Å². The van der Waals surface area contributed by atoms with E-state index in [2.05, 4.69) is 0 Å². The van der Waals surface area contributed by atoms with Gasteiger partial charge in [0.1, 0.15) is 0 Å². The molecule has 0 spiro atoms. The number of hydrogen-bond donors (Lipinski definition) is 0. The van der Waals surface area contributed by atoms with Gasteiger partial charge in [0.15, 0.2) is 0 Å². The Bertz CT molecular complexity index is 502. The molecule has 15 heteroatoms. The van der Waals surface area contributed by atoms with Crippen molar-refractivity contribution in [2.24, 2.45) is 5.92 Å². The molecule has 0 N–H and O–H groups in total. The molecule has 188 valence electrons. The summed E-state index contributed by atoms with van der Waals surface area (Å²) < 4.78 is 179. The van der Waals surface area contributed by atoms with E-state index in [1.54, 1.807) is 0 Å². The van der Waals surface area contributed by atoms with Gasteiger partial charge >= 0.3 is 24.7 Å². The highest BCUT2D eigenvalue weighted by Gasteiger charge is 2.73. The van der Waals surface area contributed by atoms with Crippen LogP contribution in [0.3, 0.4) is 0 Å². The van der Waals surface area contributed by atoms with E-state index >= 15 is 0 Å². The van der Waals surface area contributed by atoms with Gasteiger partial charge in [-0.2, -0.15) is 52.7 Å². The maximum absolute atomic E-state index is 14.0. The van der Waals surface area contributed by atoms with Crippen LogP contribution in [0.25, 0.3) is 0 Å². The van der Waals surface area contributed by atoms with E-state index in [9.17, 15) is 61.5 Å². The molecule has 31 heavy (non-hydrogen) atoms. The molecule has 0 fully saturated rings. The van der Waals surface area contributed by atoms with Crippen molar-refractivity contribution < 1.29 is 61.5 Å². The lowest BCUT2D eigenvalue weighted by molar-refractivity contribution is -0.346. The summed E-state index contributed by atoms with van der Waals surface area (Å²) in [6.07, 6.45) is -32.0. The predicted molar refractivity (Wildman–Crippen MR) is 91.2 cm³/mol. The zero-order valence-electron chi connectivity index (χ0n) is 15.6. The largest absolute Gasteiger partial charge is 0.431 e. The first-order valence-corrected chi connectivity index (χ1v) is 10.4. The highest BCUT2D eigenvalue weighted by Crippen LogP contribution is 2.52. The first-order valence-electron chi connectivity index (χ1n) is 8.84. The van der Waals surface area contributed by atoms with Crippen molar-refractivity contribution in [1.29, 1.82) is 0 Å². The average Bonchev–Trinajstić information content (AvgIpc) is 2.54. The van der Waals surface area contributed by atoms with Gasteiger partial charge in [-0.15, -0.1) is 0 Å². The average molecular weight is 604 g/mol. The number of rotatable bonds is 11. The van der Waals surface area contributed by atoms with Crippen molar-refractivity contribution in [3.05, 3.63) is 0 Å². The summed E-state index contributed by atoms with van der Waals surface area (Å²) in [5, 5.41) is 0. The van der Waals surface area contributed by atoms with E-state index in [0.717, 1.165) is 0 Å². The lowest BCUT2D eigenvalue weighted by atomic mass is 9.83. The molecule has 0 heterocycles. The Kier molecular flexibility index (Phi) is 10.7. The fourth-order valence-electron chi connectivity index (χ4n) is 2.91. The summed E-state index contributed by atoms with van der Waals surface area (Å²) in [6.45, 7) is 0. The highest BCUT2D eigenvalue weighted by molar-refractivity contribution is 14.1. The Hall–Kier alpha value is -0.250. The zero-order valence-corrected chi connectivity index (χ0v) is 17.8. The molecule has 0 saturated carbocycles. The van der Waals surface area contributed by atoms with Crippen LogP contribution in [0.2, 0.25) is 0 Å². The third kappa shape index (κ3) is 7.93. The second-order valence-corrected chi connectivity index (χ2v) is 8.17. The molecule has 0 aliphatic rings. The Balaban J connectivity index is 5.35. The van der Waals surface area contributed by atoms with E-state index in [1.165, 1.54) is 0 Å². The summed E-state index contributed by atoms with van der Waals surface area (Å²) in [6, 6.07) is 0. The molecule has 1 unspecified atom stereocenters. The summed E-state index contributed by atoms with van der Waals surface area (Å²) in [4.78, 5) is 0. The summed E-state index contributed by atoms with van der Waals surface area (Å²) in [7, 11) is 0. The molecular formula is C16H19F14I. The SMILES string of the molecule is FC(F)(F)C(F)(CCCCC(CCCCI)CC(F)(C(F)(F)F)C(F)(F)F)C(F)(F)F. The van der Waals surface area contributed by atoms with Gasteiger partial charge in [-0.3, -0.25) is 0 Å². The van der Waals surface area contributed by atoms with E-state index < -0.39 is 74.1 Å². The van der Waals surface area contributed by atoms with Gasteiger partial charge < -0.3 is 0 Å². The van der Waals surface area contributed by atoms with Crippen molar-refractivity contribution in [2.45, 2.75) is 87.4 Å². The maximum atomic E-state index is 14.0. The standard InChI is InChI=1S/C16H19F14I/c17-11(13(19,20)21,14(22,23)24)7-3-1-5-10(6-2-4-8-31)9-12(18,15(25,26)27)16(28,29)30/h10H,1-9H2. The van der Waals surface area contributed by atoms with Gasteiger partial charge in [0, 0.05) is 6.42 Å². The molecule has 0 radical (unpaired) electrons. The molecular weight excluding hydrogens is 585 g/mol. The van der Waals surface area contributed by atoms with Crippen LogP contribution in [0.5, 0.6) is 0 Å². The summed E-state index contributed by atoms with van der Waals surface area (Å²) >= 11 is 1.86. The Morgan fingerprint density at radius 1 is 0.484 bits per heavy atom. The van der Waals surface area contributed by atoms with Crippen LogP contribution in [0.4, 0.5) is 61.5 Å².